The molecule has 0 radical (unpaired) electrons. The molecule has 31 heavy (non-hydrogen) atoms. The van der Waals surface area contributed by atoms with Crippen LogP contribution in [0.1, 0.15) is 22.3 Å². The van der Waals surface area contributed by atoms with E-state index in [1.165, 1.54) is 0 Å². The SMILES string of the molecule is COc1ccc(/C=C2/N=C(c3ccc(C)cc3)N(c3cccc(C)c3)C2=O)c(OC)c1. The van der Waals surface area contributed by atoms with Crippen LogP contribution in [0, 0.1) is 13.8 Å². The van der Waals surface area contributed by atoms with E-state index in [4.69, 9.17) is 14.5 Å². The zero-order valence-corrected chi connectivity index (χ0v) is 18.0. The van der Waals surface area contributed by atoms with Crippen LogP contribution in [0.5, 0.6) is 11.5 Å². The van der Waals surface area contributed by atoms with Crippen LogP contribution < -0.4 is 14.4 Å². The van der Waals surface area contributed by atoms with Gasteiger partial charge in [0.05, 0.1) is 19.9 Å². The van der Waals surface area contributed by atoms with Gasteiger partial charge in [-0.2, -0.15) is 0 Å². The lowest BCUT2D eigenvalue weighted by molar-refractivity contribution is -0.113. The summed E-state index contributed by atoms with van der Waals surface area (Å²) in [5.74, 6) is 1.72. The van der Waals surface area contributed by atoms with Crippen LogP contribution in [0.2, 0.25) is 0 Å². The predicted octanol–water partition coefficient (Wildman–Crippen LogP) is 5.16. The van der Waals surface area contributed by atoms with Crippen LogP contribution in [-0.2, 0) is 4.79 Å². The van der Waals surface area contributed by atoms with E-state index >= 15 is 0 Å². The quantitative estimate of drug-likeness (QED) is 0.544. The van der Waals surface area contributed by atoms with E-state index in [-0.39, 0.29) is 5.91 Å². The van der Waals surface area contributed by atoms with Crippen LogP contribution in [0.15, 0.2) is 77.4 Å². The Balaban J connectivity index is 1.83. The van der Waals surface area contributed by atoms with E-state index in [1.54, 1.807) is 31.3 Å². The third-order valence-electron chi connectivity index (χ3n) is 5.16. The van der Waals surface area contributed by atoms with Crippen molar-refractivity contribution in [1.29, 1.82) is 0 Å². The number of hydrogen-bond donors (Lipinski definition) is 0. The van der Waals surface area contributed by atoms with Crippen molar-refractivity contribution in [2.75, 3.05) is 19.1 Å². The van der Waals surface area contributed by atoms with Gasteiger partial charge < -0.3 is 9.47 Å². The summed E-state index contributed by atoms with van der Waals surface area (Å²) in [6.07, 6.45) is 1.75. The van der Waals surface area contributed by atoms with Gasteiger partial charge in [0.2, 0.25) is 0 Å². The number of anilines is 1. The van der Waals surface area contributed by atoms with E-state index in [2.05, 4.69) is 0 Å². The summed E-state index contributed by atoms with van der Waals surface area (Å²) >= 11 is 0. The van der Waals surface area contributed by atoms with Crippen LogP contribution in [0.3, 0.4) is 0 Å². The summed E-state index contributed by atoms with van der Waals surface area (Å²) in [6.45, 7) is 4.04. The number of amidine groups is 1. The second-order valence-corrected chi connectivity index (χ2v) is 7.42. The maximum Gasteiger partial charge on any atom is 0.282 e. The molecule has 0 unspecified atom stereocenters. The molecule has 1 aliphatic heterocycles. The molecule has 1 heterocycles. The Morgan fingerprint density at radius 1 is 0.871 bits per heavy atom. The number of benzene rings is 3. The van der Waals surface area contributed by atoms with Gasteiger partial charge in [-0.05, 0) is 49.8 Å². The standard InChI is InChI=1S/C26H24N2O3/c1-17-8-10-19(11-9-17)25-27-23(15-20-12-13-22(30-3)16-24(20)31-4)26(29)28(25)21-7-5-6-18(2)14-21/h5-16H,1-4H3/b23-15+. The number of nitrogens with zero attached hydrogens (tertiary/aromatic N) is 2. The smallest absolute Gasteiger partial charge is 0.282 e. The first kappa shape index (κ1) is 20.4. The van der Waals surface area contributed by atoms with E-state index < -0.39 is 0 Å². The molecular formula is C26H24N2O3. The van der Waals surface area contributed by atoms with Crippen molar-refractivity contribution in [2.24, 2.45) is 4.99 Å². The number of carbonyl (C=O) groups excluding carboxylic acids is 1. The Morgan fingerprint density at radius 2 is 1.65 bits per heavy atom. The summed E-state index contributed by atoms with van der Waals surface area (Å²) < 4.78 is 10.8. The van der Waals surface area contributed by atoms with Crippen molar-refractivity contribution in [3.63, 3.8) is 0 Å². The fourth-order valence-electron chi connectivity index (χ4n) is 3.50. The van der Waals surface area contributed by atoms with Crippen molar-refractivity contribution in [1.82, 2.24) is 0 Å². The molecule has 156 valence electrons. The second-order valence-electron chi connectivity index (χ2n) is 7.42. The second kappa shape index (κ2) is 8.48. The third-order valence-corrected chi connectivity index (χ3v) is 5.16. The fraction of sp³-hybridized carbons (Fsp3) is 0.154. The first-order valence-electron chi connectivity index (χ1n) is 10.0. The summed E-state index contributed by atoms with van der Waals surface area (Å²) in [5.41, 5.74) is 4.99. The zero-order valence-electron chi connectivity index (χ0n) is 18.0. The highest BCUT2D eigenvalue weighted by molar-refractivity contribution is 6.33. The summed E-state index contributed by atoms with van der Waals surface area (Å²) in [4.78, 5) is 19.9. The molecule has 3 aromatic rings. The average Bonchev–Trinajstić information content (AvgIpc) is 3.10. The van der Waals surface area contributed by atoms with E-state index in [0.717, 1.165) is 27.9 Å². The van der Waals surface area contributed by atoms with Crippen molar-refractivity contribution in [2.45, 2.75) is 13.8 Å². The van der Waals surface area contributed by atoms with E-state index in [0.29, 0.717) is 23.0 Å². The largest absolute Gasteiger partial charge is 0.497 e. The molecule has 0 atom stereocenters. The summed E-state index contributed by atoms with van der Waals surface area (Å²) in [5, 5.41) is 0. The Morgan fingerprint density at radius 3 is 2.32 bits per heavy atom. The molecule has 0 saturated carbocycles. The van der Waals surface area contributed by atoms with E-state index in [9.17, 15) is 4.79 Å². The molecule has 0 N–H and O–H groups in total. The number of hydrogen-bond acceptors (Lipinski definition) is 4. The number of amides is 1. The maximum atomic E-state index is 13.5. The molecule has 4 rings (SSSR count). The molecule has 0 spiro atoms. The minimum absolute atomic E-state index is 0.181. The topological polar surface area (TPSA) is 51.1 Å². The molecular weight excluding hydrogens is 388 g/mol. The average molecular weight is 412 g/mol. The number of ether oxygens (including phenoxy) is 2. The maximum absolute atomic E-state index is 13.5. The van der Waals surface area contributed by atoms with Crippen molar-refractivity contribution >= 4 is 23.5 Å². The van der Waals surface area contributed by atoms with Crippen molar-refractivity contribution in [3.05, 3.63) is 94.7 Å². The Hall–Kier alpha value is -3.86. The van der Waals surface area contributed by atoms with Crippen molar-refractivity contribution in [3.8, 4) is 11.5 Å². The Kier molecular flexibility index (Phi) is 5.58. The monoisotopic (exact) mass is 412 g/mol. The first-order chi connectivity index (χ1) is 15.0. The molecule has 0 aliphatic carbocycles. The number of methoxy groups -OCH3 is 2. The normalized spacial score (nSPS) is 14.7. The van der Waals surface area contributed by atoms with Gasteiger partial charge in [0, 0.05) is 17.2 Å². The molecule has 0 bridgehead atoms. The van der Waals surface area contributed by atoms with Gasteiger partial charge in [-0.25, -0.2) is 4.99 Å². The Bertz CT molecular complexity index is 1190. The number of rotatable bonds is 5. The fourth-order valence-corrected chi connectivity index (χ4v) is 3.50. The lowest BCUT2D eigenvalue weighted by atomic mass is 10.1. The molecule has 5 nitrogen and oxygen atoms in total. The number of aliphatic imine (C=N–C) groups is 1. The Labute approximate surface area is 182 Å². The van der Waals surface area contributed by atoms with Gasteiger partial charge in [0.1, 0.15) is 23.0 Å². The summed E-state index contributed by atoms with van der Waals surface area (Å²) in [7, 11) is 3.19. The summed E-state index contributed by atoms with van der Waals surface area (Å²) in [6, 6.07) is 21.3. The van der Waals surface area contributed by atoms with Gasteiger partial charge >= 0.3 is 0 Å². The minimum atomic E-state index is -0.181. The van der Waals surface area contributed by atoms with Gasteiger partial charge in [0.25, 0.3) is 5.91 Å². The van der Waals surface area contributed by atoms with E-state index in [1.807, 2.05) is 74.5 Å². The van der Waals surface area contributed by atoms with Gasteiger partial charge in [-0.1, -0.05) is 42.0 Å². The van der Waals surface area contributed by atoms with Gasteiger partial charge in [-0.3, -0.25) is 9.69 Å². The predicted molar refractivity (Wildman–Crippen MR) is 124 cm³/mol. The highest BCUT2D eigenvalue weighted by Crippen LogP contribution is 2.31. The number of carbonyl (C=O) groups is 1. The third kappa shape index (κ3) is 4.08. The molecule has 1 amide bonds. The molecule has 3 aromatic carbocycles. The van der Waals surface area contributed by atoms with Crippen LogP contribution in [-0.4, -0.2) is 26.0 Å². The number of aryl methyl sites for hydroxylation is 2. The van der Waals surface area contributed by atoms with Gasteiger partial charge in [-0.15, -0.1) is 0 Å². The minimum Gasteiger partial charge on any atom is -0.497 e. The van der Waals surface area contributed by atoms with Crippen LogP contribution >= 0.6 is 0 Å². The molecule has 0 saturated heterocycles. The molecule has 0 fully saturated rings. The van der Waals surface area contributed by atoms with Crippen molar-refractivity contribution < 1.29 is 14.3 Å². The lowest BCUT2D eigenvalue weighted by Gasteiger charge is -2.19. The highest BCUT2D eigenvalue weighted by atomic mass is 16.5. The molecule has 1 aliphatic rings. The first-order valence-corrected chi connectivity index (χ1v) is 10.0. The van der Waals surface area contributed by atoms with Crippen LogP contribution in [0.25, 0.3) is 6.08 Å². The molecule has 0 aromatic heterocycles. The van der Waals surface area contributed by atoms with Crippen LogP contribution in [0.4, 0.5) is 5.69 Å². The highest BCUT2D eigenvalue weighted by Gasteiger charge is 2.32. The zero-order chi connectivity index (χ0) is 22.0. The lowest BCUT2D eigenvalue weighted by Crippen LogP contribution is -2.32. The molecule has 5 heteroatoms. The van der Waals surface area contributed by atoms with Gasteiger partial charge in [0.15, 0.2) is 0 Å².